The van der Waals surface area contributed by atoms with Gasteiger partial charge < -0.3 is 5.32 Å². The molecule has 0 fully saturated rings. The summed E-state index contributed by atoms with van der Waals surface area (Å²) in [6, 6.07) is 4.55. The number of carbonyl (C=O) groups excluding carboxylic acids is 1. The molecular formula is C17H23ClN2O3S. The van der Waals surface area contributed by atoms with Gasteiger partial charge in [0.15, 0.2) is 0 Å². The van der Waals surface area contributed by atoms with Crippen LogP contribution >= 0.6 is 11.6 Å². The summed E-state index contributed by atoms with van der Waals surface area (Å²) in [4.78, 5) is 12.1. The van der Waals surface area contributed by atoms with Crippen LogP contribution in [0, 0.1) is 5.92 Å². The molecule has 0 unspecified atom stereocenters. The van der Waals surface area contributed by atoms with Crippen LogP contribution in [0.15, 0.2) is 35.2 Å². The molecule has 7 heteroatoms. The maximum absolute atomic E-state index is 12.7. The molecule has 24 heavy (non-hydrogen) atoms. The van der Waals surface area contributed by atoms with Crippen LogP contribution in [0.4, 0.5) is 5.69 Å². The van der Waals surface area contributed by atoms with E-state index >= 15 is 0 Å². The van der Waals surface area contributed by atoms with Crippen molar-refractivity contribution >= 4 is 33.2 Å². The lowest BCUT2D eigenvalue weighted by Crippen LogP contribution is -2.30. The highest BCUT2D eigenvalue weighted by atomic mass is 35.5. The van der Waals surface area contributed by atoms with Gasteiger partial charge in [-0.15, -0.1) is 0 Å². The normalized spacial score (nSPS) is 17.4. The topological polar surface area (TPSA) is 66.5 Å². The molecular weight excluding hydrogens is 348 g/mol. The first-order chi connectivity index (χ1) is 11.4. The number of hydrogen-bond donors (Lipinski definition) is 1. The molecule has 1 amide bonds. The third kappa shape index (κ3) is 4.37. The van der Waals surface area contributed by atoms with Gasteiger partial charge in [0.05, 0.1) is 5.02 Å². The minimum Gasteiger partial charge on any atom is -0.326 e. The smallest absolute Gasteiger partial charge is 0.244 e. The Bertz CT molecular complexity index is 727. The van der Waals surface area contributed by atoms with Crippen molar-refractivity contribution in [2.24, 2.45) is 5.92 Å². The molecule has 0 aliphatic heterocycles. The molecule has 5 nitrogen and oxygen atoms in total. The van der Waals surface area contributed by atoms with E-state index in [4.69, 9.17) is 11.6 Å². The number of hydrogen-bond acceptors (Lipinski definition) is 3. The molecule has 1 aromatic carbocycles. The highest BCUT2D eigenvalue weighted by Crippen LogP contribution is 2.28. The van der Waals surface area contributed by atoms with Crippen LogP contribution in [0.1, 0.15) is 33.1 Å². The van der Waals surface area contributed by atoms with Crippen LogP contribution in [0.3, 0.4) is 0 Å². The van der Waals surface area contributed by atoms with E-state index in [2.05, 4.69) is 17.5 Å². The van der Waals surface area contributed by atoms with Gasteiger partial charge >= 0.3 is 0 Å². The third-order valence-electron chi connectivity index (χ3n) is 4.10. The van der Waals surface area contributed by atoms with Crippen molar-refractivity contribution in [2.45, 2.75) is 38.0 Å². The molecule has 1 N–H and O–H groups in total. The zero-order chi connectivity index (χ0) is 17.7. The van der Waals surface area contributed by atoms with Gasteiger partial charge in [-0.1, -0.05) is 37.6 Å². The second-order valence-corrected chi connectivity index (χ2v) is 8.07. The largest absolute Gasteiger partial charge is 0.326 e. The quantitative estimate of drug-likeness (QED) is 0.745. The van der Waals surface area contributed by atoms with E-state index in [0.29, 0.717) is 25.2 Å². The molecule has 0 spiro atoms. The fourth-order valence-corrected chi connectivity index (χ4v) is 4.76. The predicted molar refractivity (Wildman–Crippen MR) is 96.7 cm³/mol. The lowest BCUT2D eigenvalue weighted by Gasteiger charge is -2.20. The molecule has 1 aromatic rings. The van der Waals surface area contributed by atoms with Gasteiger partial charge in [0.25, 0.3) is 0 Å². The molecule has 1 atom stereocenters. The van der Waals surface area contributed by atoms with Crippen molar-refractivity contribution in [2.75, 3.05) is 18.4 Å². The highest BCUT2D eigenvalue weighted by Gasteiger charge is 2.25. The minimum absolute atomic E-state index is 0.0198. The molecule has 0 bridgehead atoms. The minimum atomic E-state index is -3.67. The summed E-state index contributed by atoms with van der Waals surface area (Å²) < 4.78 is 26.6. The maximum Gasteiger partial charge on any atom is 0.244 e. The van der Waals surface area contributed by atoms with Crippen LogP contribution in [0.2, 0.25) is 5.02 Å². The first-order valence-electron chi connectivity index (χ1n) is 8.14. The van der Waals surface area contributed by atoms with Crippen molar-refractivity contribution < 1.29 is 13.2 Å². The Morgan fingerprint density at radius 2 is 2.04 bits per heavy atom. The monoisotopic (exact) mass is 370 g/mol. The predicted octanol–water partition coefficient (Wildman–Crippen LogP) is 3.67. The van der Waals surface area contributed by atoms with E-state index in [1.165, 1.54) is 16.4 Å². The zero-order valence-electron chi connectivity index (χ0n) is 14.0. The van der Waals surface area contributed by atoms with Gasteiger partial charge in [0, 0.05) is 25.2 Å². The van der Waals surface area contributed by atoms with Gasteiger partial charge in [-0.25, -0.2) is 8.42 Å². The van der Waals surface area contributed by atoms with Crippen molar-refractivity contribution in [1.82, 2.24) is 4.31 Å². The summed E-state index contributed by atoms with van der Waals surface area (Å²) >= 11 is 6.09. The fraction of sp³-hybridized carbons (Fsp3) is 0.471. The Balaban J connectivity index is 2.18. The fourth-order valence-electron chi connectivity index (χ4n) is 2.80. The number of halogens is 1. The van der Waals surface area contributed by atoms with E-state index in [1.54, 1.807) is 19.9 Å². The van der Waals surface area contributed by atoms with E-state index in [1.807, 2.05) is 0 Å². The zero-order valence-corrected chi connectivity index (χ0v) is 15.5. The van der Waals surface area contributed by atoms with E-state index in [9.17, 15) is 13.2 Å². The van der Waals surface area contributed by atoms with Gasteiger partial charge in [-0.3, -0.25) is 4.79 Å². The summed E-state index contributed by atoms with van der Waals surface area (Å²) in [5, 5.41) is 2.92. The Morgan fingerprint density at radius 1 is 1.33 bits per heavy atom. The van der Waals surface area contributed by atoms with Crippen molar-refractivity contribution in [1.29, 1.82) is 0 Å². The van der Waals surface area contributed by atoms with Crippen molar-refractivity contribution in [3.8, 4) is 0 Å². The Kier molecular flexibility index (Phi) is 6.43. The number of anilines is 1. The van der Waals surface area contributed by atoms with Gasteiger partial charge in [0.2, 0.25) is 15.9 Å². The van der Waals surface area contributed by atoms with E-state index in [0.717, 1.165) is 12.8 Å². The number of nitrogens with zero attached hydrogens (tertiary/aromatic N) is 1. The molecule has 0 radical (unpaired) electrons. The van der Waals surface area contributed by atoms with Gasteiger partial charge in [-0.05, 0) is 37.0 Å². The summed E-state index contributed by atoms with van der Waals surface area (Å²) in [5.41, 5.74) is 0.442. The maximum atomic E-state index is 12.7. The van der Waals surface area contributed by atoms with Crippen molar-refractivity contribution in [3.63, 3.8) is 0 Å². The van der Waals surface area contributed by atoms with E-state index < -0.39 is 10.0 Å². The molecule has 132 valence electrons. The number of carbonyl (C=O) groups is 1. The Morgan fingerprint density at radius 3 is 2.62 bits per heavy atom. The van der Waals surface area contributed by atoms with Gasteiger partial charge in [-0.2, -0.15) is 4.31 Å². The average Bonchev–Trinajstić information content (AvgIpc) is 3.02. The van der Waals surface area contributed by atoms with Crippen LogP contribution < -0.4 is 5.32 Å². The lowest BCUT2D eigenvalue weighted by atomic mass is 10.1. The van der Waals surface area contributed by atoms with E-state index in [-0.39, 0.29) is 21.7 Å². The Labute approximate surface area is 148 Å². The molecule has 0 saturated carbocycles. The molecule has 1 aliphatic rings. The lowest BCUT2D eigenvalue weighted by molar-refractivity contribution is -0.116. The number of nitrogens with one attached hydrogen (secondary N) is 1. The van der Waals surface area contributed by atoms with Gasteiger partial charge in [0.1, 0.15) is 4.90 Å². The van der Waals surface area contributed by atoms with Crippen LogP contribution in [-0.4, -0.2) is 31.7 Å². The SMILES string of the molecule is CCN(CC)S(=O)(=O)c1cc(NC(=O)C[C@H]2C=CCC2)ccc1Cl. The molecule has 0 saturated heterocycles. The highest BCUT2D eigenvalue weighted by molar-refractivity contribution is 7.89. The van der Waals surface area contributed by atoms with Crippen molar-refractivity contribution in [3.05, 3.63) is 35.4 Å². The van der Waals surface area contributed by atoms with Crippen LogP contribution in [0.5, 0.6) is 0 Å². The summed E-state index contributed by atoms with van der Waals surface area (Å²) in [5.74, 6) is 0.135. The summed E-state index contributed by atoms with van der Waals surface area (Å²) in [6.45, 7) is 4.27. The average molecular weight is 371 g/mol. The number of amides is 1. The number of benzene rings is 1. The number of allylic oxidation sites excluding steroid dienone is 2. The van der Waals surface area contributed by atoms with Crippen LogP contribution in [-0.2, 0) is 14.8 Å². The summed E-state index contributed by atoms with van der Waals surface area (Å²) in [6.07, 6.45) is 6.52. The second kappa shape index (κ2) is 8.14. The first-order valence-corrected chi connectivity index (χ1v) is 9.96. The molecule has 2 rings (SSSR count). The molecule has 0 heterocycles. The van der Waals surface area contributed by atoms with Crippen LogP contribution in [0.25, 0.3) is 0 Å². The molecule has 1 aliphatic carbocycles. The summed E-state index contributed by atoms with van der Waals surface area (Å²) in [7, 11) is -3.67. The second-order valence-electron chi connectivity index (χ2n) is 5.75. The first kappa shape index (κ1) is 19.0. The number of rotatable bonds is 7. The molecule has 0 aromatic heterocycles. The third-order valence-corrected chi connectivity index (χ3v) is 6.63. The number of sulfonamides is 1. The standard InChI is InChI=1S/C17H23ClN2O3S/c1-3-20(4-2)24(22,23)16-12-14(9-10-15(16)18)19-17(21)11-13-7-5-6-8-13/h5,7,9-10,12-13H,3-4,6,8,11H2,1-2H3,(H,19,21)/t13-/m0/s1. The Hall–Kier alpha value is -1.37.